The third-order valence-electron chi connectivity index (χ3n) is 4.86. The van der Waals surface area contributed by atoms with Crippen molar-refractivity contribution in [1.29, 1.82) is 0 Å². The van der Waals surface area contributed by atoms with Crippen LogP contribution in [-0.2, 0) is 16.6 Å². The van der Waals surface area contributed by atoms with Crippen LogP contribution < -0.4 is 24.3 Å². The number of carbonyl (C=O) groups is 1. The van der Waals surface area contributed by atoms with E-state index in [1.807, 2.05) is 30.3 Å². The maximum Gasteiger partial charge on any atom is 0.224 e. The Kier molecular flexibility index (Phi) is 5.97. The summed E-state index contributed by atoms with van der Waals surface area (Å²) in [6.07, 6.45) is 0.275. The van der Waals surface area contributed by atoms with E-state index in [1.54, 1.807) is 20.3 Å². The first kappa shape index (κ1) is 19.9. The standard InChI is InChI=1S/C22H27NO5/c1-22(2,16-6-8-18-20(13-16)28-10-9-27-18)14-23-21(24)12-15-5-7-17(25-3)19(11-15)26-4/h5-8,11,13H,9-10,12,14H2,1-4H3,(H,23,24). The second kappa shape index (κ2) is 8.42. The van der Waals surface area contributed by atoms with E-state index in [-0.39, 0.29) is 17.7 Å². The molecule has 0 atom stereocenters. The molecule has 0 unspecified atom stereocenters. The molecule has 28 heavy (non-hydrogen) atoms. The largest absolute Gasteiger partial charge is 0.493 e. The highest BCUT2D eigenvalue weighted by Gasteiger charge is 2.24. The highest BCUT2D eigenvalue weighted by atomic mass is 16.6. The summed E-state index contributed by atoms with van der Waals surface area (Å²) >= 11 is 0. The Bertz CT molecular complexity index is 847. The van der Waals surface area contributed by atoms with E-state index >= 15 is 0 Å². The van der Waals surface area contributed by atoms with E-state index in [2.05, 4.69) is 19.2 Å². The Labute approximate surface area is 165 Å². The lowest BCUT2D eigenvalue weighted by molar-refractivity contribution is -0.120. The van der Waals surface area contributed by atoms with Gasteiger partial charge in [-0.15, -0.1) is 0 Å². The predicted molar refractivity (Wildman–Crippen MR) is 107 cm³/mol. The molecular weight excluding hydrogens is 358 g/mol. The maximum absolute atomic E-state index is 12.4. The van der Waals surface area contributed by atoms with E-state index in [0.29, 0.717) is 31.3 Å². The van der Waals surface area contributed by atoms with Gasteiger partial charge in [0, 0.05) is 12.0 Å². The highest BCUT2D eigenvalue weighted by molar-refractivity contribution is 5.79. The number of amides is 1. The molecule has 1 aliphatic rings. The maximum atomic E-state index is 12.4. The molecule has 3 rings (SSSR count). The fourth-order valence-electron chi connectivity index (χ4n) is 3.12. The zero-order valence-corrected chi connectivity index (χ0v) is 16.8. The molecule has 1 N–H and O–H groups in total. The predicted octanol–water partition coefficient (Wildman–Crippen LogP) is 3.11. The molecule has 0 radical (unpaired) electrons. The lowest BCUT2D eigenvalue weighted by atomic mass is 9.84. The quantitative estimate of drug-likeness (QED) is 0.793. The minimum atomic E-state index is -0.247. The van der Waals surface area contributed by atoms with Crippen LogP contribution in [0.25, 0.3) is 0 Å². The van der Waals surface area contributed by atoms with Gasteiger partial charge in [-0.05, 0) is 35.4 Å². The van der Waals surface area contributed by atoms with Gasteiger partial charge in [0.2, 0.25) is 5.91 Å². The van der Waals surface area contributed by atoms with Crippen LogP contribution in [0.2, 0.25) is 0 Å². The van der Waals surface area contributed by atoms with E-state index in [4.69, 9.17) is 18.9 Å². The monoisotopic (exact) mass is 385 g/mol. The number of methoxy groups -OCH3 is 2. The van der Waals surface area contributed by atoms with E-state index in [9.17, 15) is 4.79 Å². The van der Waals surface area contributed by atoms with Crippen LogP contribution in [-0.4, -0.2) is 39.9 Å². The molecule has 2 aromatic rings. The zero-order valence-electron chi connectivity index (χ0n) is 16.8. The Hall–Kier alpha value is -2.89. The van der Waals surface area contributed by atoms with Crippen LogP contribution in [0, 0.1) is 0 Å². The molecule has 0 bridgehead atoms. The number of fused-ring (bicyclic) bond motifs is 1. The van der Waals surface area contributed by atoms with Gasteiger partial charge in [-0.3, -0.25) is 4.79 Å². The average molecular weight is 385 g/mol. The minimum absolute atomic E-state index is 0.0437. The van der Waals surface area contributed by atoms with Crippen LogP contribution >= 0.6 is 0 Å². The fraction of sp³-hybridized carbons (Fsp3) is 0.409. The van der Waals surface area contributed by atoms with Crippen molar-refractivity contribution in [3.63, 3.8) is 0 Å². The van der Waals surface area contributed by atoms with Crippen molar-refractivity contribution in [2.45, 2.75) is 25.7 Å². The van der Waals surface area contributed by atoms with Gasteiger partial charge in [0.25, 0.3) is 0 Å². The van der Waals surface area contributed by atoms with Crippen LogP contribution in [0.4, 0.5) is 0 Å². The number of hydrogen-bond donors (Lipinski definition) is 1. The number of rotatable bonds is 7. The van der Waals surface area contributed by atoms with Crippen LogP contribution in [0.1, 0.15) is 25.0 Å². The normalized spacial score (nSPS) is 13.0. The summed E-state index contributed by atoms with van der Waals surface area (Å²) < 4.78 is 21.8. The lowest BCUT2D eigenvalue weighted by Crippen LogP contribution is -2.37. The Morgan fingerprint density at radius 3 is 2.43 bits per heavy atom. The summed E-state index contributed by atoms with van der Waals surface area (Å²) in [5.41, 5.74) is 1.71. The summed E-state index contributed by atoms with van der Waals surface area (Å²) in [6.45, 7) is 5.82. The topological polar surface area (TPSA) is 66.0 Å². The zero-order chi connectivity index (χ0) is 20.1. The summed E-state index contributed by atoms with van der Waals surface area (Å²) in [4.78, 5) is 12.4. The molecule has 1 amide bonds. The minimum Gasteiger partial charge on any atom is -0.493 e. The molecule has 150 valence electrons. The molecule has 6 nitrogen and oxygen atoms in total. The average Bonchev–Trinajstić information content (AvgIpc) is 2.72. The van der Waals surface area contributed by atoms with Gasteiger partial charge < -0.3 is 24.3 Å². The van der Waals surface area contributed by atoms with Crippen LogP contribution in [0.15, 0.2) is 36.4 Å². The van der Waals surface area contributed by atoms with Crippen molar-refractivity contribution in [3.8, 4) is 23.0 Å². The van der Waals surface area contributed by atoms with E-state index in [1.165, 1.54) is 0 Å². The Morgan fingerprint density at radius 1 is 1.00 bits per heavy atom. The van der Waals surface area contributed by atoms with Gasteiger partial charge in [-0.2, -0.15) is 0 Å². The Morgan fingerprint density at radius 2 is 1.71 bits per heavy atom. The molecule has 0 saturated carbocycles. The lowest BCUT2D eigenvalue weighted by Gasteiger charge is -2.28. The summed E-state index contributed by atoms with van der Waals surface area (Å²) in [5.74, 6) is 2.74. The third kappa shape index (κ3) is 4.50. The number of nitrogens with one attached hydrogen (secondary N) is 1. The molecule has 1 heterocycles. The second-order valence-electron chi connectivity index (χ2n) is 7.39. The van der Waals surface area contributed by atoms with Gasteiger partial charge in [-0.25, -0.2) is 0 Å². The van der Waals surface area contributed by atoms with Gasteiger partial charge in [0.15, 0.2) is 23.0 Å². The first-order valence-electron chi connectivity index (χ1n) is 9.30. The van der Waals surface area contributed by atoms with Crippen molar-refractivity contribution >= 4 is 5.91 Å². The van der Waals surface area contributed by atoms with Gasteiger partial charge in [0.05, 0.1) is 20.6 Å². The molecule has 0 aromatic heterocycles. The second-order valence-corrected chi connectivity index (χ2v) is 7.39. The van der Waals surface area contributed by atoms with Gasteiger partial charge in [0.1, 0.15) is 13.2 Å². The molecule has 0 saturated heterocycles. The summed E-state index contributed by atoms with van der Waals surface area (Å²) in [5, 5.41) is 3.03. The molecule has 1 aliphatic heterocycles. The molecule has 0 aliphatic carbocycles. The highest BCUT2D eigenvalue weighted by Crippen LogP contribution is 2.35. The number of hydrogen-bond acceptors (Lipinski definition) is 5. The Balaban J connectivity index is 1.62. The third-order valence-corrected chi connectivity index (χ3v) is 4.86. The van der Waals surface area contributed by atoms with E-state index in [0.717, 1.165) is 22.6 Å². The summed E-state index contributed by atoms with van der Waals surface area (Å²) in [7, 11) is 3.17. The fourth-order valence-corrected chi connectivity index (χ4v) is 3.12. The molecule has 0 spiro atoms. The summed E-state index contributed by atoms with van der Waals surface area (Å²) in [6, 6.07) is 11.4. The van der Waals surface area contributed by atoms with Gasteiger partial charge in [-0.1, -0.05) is 26.0 Å². The molecular formula is C22H27NO5. The van der Waals surface area contributed by atoms with Crippen molar-refractivity contribution < 1.29 is 23.7 Å². The SMILES string of the molecule is COc1ccc(CC(=O)NCC(C)(C)c2ccc3c(c2)OCCO3)cc1OC. The molecule has 2 aromatic carbocycles. The first-order chi connectivity index (χ1) is 13.4. The van der Waals surface area contributed by atoms with Gasteiger partial charge >= 0.3 is 0 Å². The number of benzene rings is 2. The van der Waals surface area contributed by atoms with Crippen molar-refractivity contribution in [3.05, 3.63) is 47.5 Å². The molecule has 0 fully saturated rings. The first-order valence-corrected chi connectivity index (χ1v) is 9.30. The number of carbonyl (C=O) groups excluding carboxylic acids is 1. The van der Waals surface area contributed by atoms with Crippen molar-refractivity contribution in [1.82, 2.24) is 5.32 Å². The van der Waals surface area contributed by atoms with Crippen molar-refractivity contribution in [2.75, 3.05) is 34.0 Å². The van der Waals surface area contributed by atoms with E-state index < -0.39 is 0 Å². The molecule has 6 heteroatoms. The van der Waals surface area contributed by atoms with Crippen LogP contribution in [0.5, 0.6) is 23.0 Å². The van der Waals surface area contributed by atoms with Crippen LogP contribution in [0.3, 0.4) is 0 Å². The smallest absolute Gasteiger partial charge is 0.224 e. The van der Waals surface area contributed by atoms with Crippen molar-refractivity contribution in [2.24, 2.45) is 0 Å². The number of ether oxygens (including phenoxy) is 4.